The number of hydrogen-bond acceptors (Lipinski definition) is 5. The number of carbonyl (C=O) groups excluding carboxylic acids is 2. The summed E-state index contributed by atoms with van der Waals surface area (Å²) in [5, 5.41) is 0. The maximum Gasteiger partial charge on any atom is 0.420 e. The molecule has 0 N–H and O–H groups in total. The zero-order valence-electron chi connectivity index (χ0n) is 15.2. The van der Waals surface area contributed by atoms with Gasteiger partial charge in [0.15, 0.2) is 0 Å². The number of esters is 1. The van der Waals surface area contributed by atoms with Gasteiger partial charge in [-0.05, 0) is 51.8 Å². The van der Waals surface area contributed by atoms with Crippen molar-refractivity contribution in [1.29, 1.82) is 0 Å². The van der Waals surface area contributed by atoms with Crippen LogP contribution in [0.15, 0.2) is 18.2 Å². The van der Waals surface area contributed by atoms with Crippen LogP contribution in [0.2, 0.25) is 0 Å². The number of aromatic nitrogens is 2. The summed E-state index contributed by atoms with van der Waals surface area (Å²) in [5.41, 5.74) is 1.04. The number of hydrogen-bond donors (Lipinski definition) is 0. The number of nitrogens with zero attached hydrogens (tertiary/aromatic N) is 2. The van der Waals surface area contributed by atoms with E-state index in [0.29, 0.717) is 16.6 Å². The van der Waals surface area contributed by atoms with E-state index in [-0.39, 0.29) is 5.92 Å². The van der Waals surface area contributed by atoms with Gasteiger partial charge in [0, 0.05) is 5.92 Å². The van der Waals surface area contributed by atoms with Crippen LogP contribution < -0.4 is 0 Å². The molecule has 1 aromatic heterocycles. The molecular formula is C19H24N2O4. The lowest BCUT2D eigenvalue weighted by atomic mass is 10.1. The Bertz CT molecular complexity index is 811. The summed E-state index contributed by atoms with van der Waals surface area (Å²) in [5.74, 6) is 0.520. The normalized spacial score (nSPS) is 15.5. The van der Waals surface area contributed by atoms with Crippen molar-refractivity contribution in [3.8, 4) is 0 Å². The Morgan fingerprint density at radius 3 is 2.48 bits per heavy atom. The third kappa shape index (κ3) is 3.52. The van der Waals surface area contributed by atoms with Gasteiger partial charge >= 0.3 is 12.1 Å². The predicted molar refractivity (Wildman–Crippen MR) is 93.9 cm³/mol. The molecule has 25 heavy (non-hydrogen) atoms. The molecule has 0 unspecified atom stereocenters. The first-order valence-electron chi connectivity index (χ1n) is 8.64. The number of imidazole rings is 1. The lowest BCUT2D eigenvalue weighted by molar-refractivity contribution is 0.0534. The largest absolute Gasteiger partial charge is 0.465 e. The molecule has 6 heteroatoms. The fourth-order valence-corrected chi connectivity index (χ4v) is 3.30. The number of fused-ring (bicyclic) bond motifs is 1. The highest BCUT2D eigenvalue weighted by molar-refractivity contribution is 5.96. The first-order valence-corrected chi connectivity index (χ1v) is 8.64. The molecule has 0 radical (unpaired) electrons. The van der Waals surface area contributed by atoms with Crippen molar-refractivity contribution in [2.45, 2.75) is 58.0 Å². The Kier molecular flexibility index (Phi) is 4.54. The molecule has 0 bridgehead atoms. The van der Waals surface area contributed by atoms with E-state index in [1.54, 1.807) is 18.2 Å². The summed E-state index contributed by atoms with van der Waals surface area (Å²) in [4.78, 5) is 29.4. The lowest BCUT2D eigenvalue weighted by Gasteiger charge is -2.21. The molecule has 0 spiro atoms. The van der Waals surface area contributed by atoms with Crippen LogP contribution in [-0.4, -0.2) is 34.3 Å². The zero-order chi connectivity index (χ0) is 18.2. The van der Waals surface area contributed by atoms with Crippen LogP contribution in [0.3, 0.4) is 0 Å². The minimum atomic E-state index is -0.611. The zero-order valence-corrected chi connectivity index (χ0v) is 15.2. The van der Waals surface area contributed by atoms with Gasteiger partial charge in [0.25, 0.3) is 0 Å². The predicted octanol–water partition coefficient (Wildman–Crippen LogP) is 4.26. The van der Waals surface area contributed by atoms with Crippen molar-refractivity contribution in [2.24, 2.45) is 0 Å². The van der Waals surface area contributed by atoms with Crippen LogP contribution in [0.4, 0.5) is 4.79 Å². The molecule has 1 heterocycles. The Morgan fingerprint density at radius 2 is 1.88 bits per heavy atom. The first kappa shape index (κ1) is 17.5. The highest BCUT2D eigenvalue weighted by Gasteiger charge is 2.29. The second kappa shape index (κ2) is 6.50. The maximum absolute atomic E-state index is 12.8. The van der Waals surface area contributed by atoms with Gasteiger partial charge in [-0.15, -0.1) is 0 Å². The molecule has 134 valence electrons. The molecule has 0 amide bonds. The molecule has 0 atom stereocenters. The van der Waals surface area contributed by atoms with Gasteiger partial charge in [-0.1, -0.05) is 12.8 Å². The van der Waals surface area contributed by atoms with Gasteiger partial charge in [-0.3, -0.25) is 0 Å². The van der Waals surface area contributed by atoms with Crippen LogP contribution in [-0.2, 0) is 9.47 Å². The highest BCUT2D eigenvalue weighted by atomic mass is 16.6. The Balaban J connectivity index is 2.14. The van der Waals surface area contributed by atoms with Crippen LogP contribution >= 0.6 is 0 Å². The fourth-order valence-electron chi connectivity index (χ4n) is 3.30. The van der Waals surface area contributed by atoms with E-state index in [0.717, 1.165) is 31.5 Å². The van der Waals surface area contributed by atoms with Crippen LogP contribution in [0.25, 0.3) is 11.0 Å². The minimum absolute atomic E-state index is 0.237. The van der Waals surface area contributed by atoms with Gasteiger partial charge in [-0.2, -0.15) is 0 Å². The molecule has 1 aliphatic rings. The number of carbonyl (C=O) groups is 2. The van der Waals surface area contributed by atoms with Crippen LogP contribution in [0, 0.1) is 0 Å². The molecule has 0 aliphatic heterocycles. The SMILES string of the molecule is COC(=O)c1ccc2nc(C3CCCC3)n(C(=O)OC(C)(C)C)c2c1. The molecule has 3 rings (SSSR count). The van der Waals surface area contributed by atoms with Crippen molar-refractivity contribution < 1.29 is 19.1 Å². The third-order valence-corrected chi connectivity index (χ3v) is 4.40. The molecule has 0 saturated heterocycles. The van der Waals surface area contributed by atoms with Crippen molar-refractivity contribution in [3.05, 3.63) is 29.6 Å². The smallest absolute Gasteiger partial charge is 0.420 e. The second-order valence-corrected chi connectivity index (χ2v) is 7.46. The van der Waals surface area contributed by atoms with Gasteiger partial charge in [0.05, 0.1) is 23.7 Å². The van der Waals surface area contributed by atoms with Gasteiger partial charge < -0.3 is 9.47 Å². The van der Waals surface area contributed by atoms with Crippen molar-refractivity contribution >= 4 is 23.1 Å². The highest BCUT2D eigenvalue weighted by Crippen LogP contribution is 2.35. The standard InChI is InChI=1S/C19H24N2O4/c1-19(2,3)25-18(23)21-15-11-13(17(22)24-4)9-10-14(15)20-16(21)12-7-5-6-8-12/h9-12H,5-8H2,1-4H3. The van der Waals surface area contributed by atoms with Gasteiger partial charge in [-0.25, -0.2) is 19.1 Å². The summed E-state index contributed by atoms with van der Waals surface area (Å²) >= 11 is 0. The van der Waals surface area contributed by atoms with E-state index in [9.17, 15) is 9.59 Å². The van der Waals surface area contributed by atoms with E-state index in [1.165, 1.54) is 11.7 Å². The fraction of sp³-hybridized carbons (Fsp3) is 0.526. The molecule has 1 aliphatic carbocycles. The number of benzene rings is 1. The summed E-state index contributed by atoms with van der Waals surface area (Å²) in [6, 6.07) is 5.07. The van der Waals surface area contributed by atoms with E-state index < -0.39 is 17.7 Å². The van der Waals surface area contributed by atoms with Crippen molar-refractivity contribution in [3.63, 3.8) is 0 Å². The van der Waals surface area contributed by atoms with Gasteiger partial charge in [0.2, 0.25) is 0 Å². The number of ether oxygens (including phenoxy) is 2. The second-order valence-electron chi connectivity index (χ2n) is 7.46. The molecule has 2 aromatic rings. The quantitative estimate of drug-likeness (QED) is 0.761. The van der Waals surface area contributed by atoms with Crippen molar-refractivity contribution in [1.82, 2.24) is 9.55 Å². The van der Waals surface area contributed by atoms with Crippen molar-refractivity contribution in [2.75, 3.05) is 7.11 Å². The van der Waals surface area contributed by atoms with E-state index in [2.05, 4.69) is 4.98 Å². The Morgan fingerprint density at radius 1 is 1.20 bits per heavy atom. The van der Waals surface area contributed by atoms with E-state index in [1.807, 2.05) is 20.8 Å². The minimum Gasteiger partial charge on any atom is -0.465 e. The monoisotopic (exact) mass is 344 g/mol. The lowest BCUT2D eigenvalue weighted by Crippen LogP contribution is -2.28. The van der Waals surface area contributed by atoms with Gasteiger partial charge in [0.1, 0.15) is 11.4 Å². The molecular weight excluding hydrogens is 320 g/mol. The topological polar surface area (TPSA) is 70.4 Å². The summed E-state index contributed by atoms with van der Waals surface area (Å²) in [6.45, 7) is 5.50. The molecule has 1 saturated carbocycles. The van der Waals surface area contributed by atoms with Crippen LogP contribution in [0.1, 0.15) is 68.6 Å². The first-order chi connectivity index (χ1) is 11.8. The summed E-state index contributed by atoms with van der Waals surface area (Å²) < 4.78 is 11.9. The van der Waals surface area contributed by atoms with E-state index >= 15 is 0 Å². The number of methoxy groups -OCH3 is 1. The molecule has 1 aromatic carbocycles. The van der Waals surface area contributed by atoms with Crippen LogP contribution in [0.5, 0.6) is 0 Å². The van der Waals surface area contributed by atoms with E-state index in [4.69, 9.17) is 9.47 Å². The third-order valence-electron chi connectivity index (χ3n) is 4.40. The summed E-state index contributed by atoms with van der Waals surface area (Å²) in [6.07, 6.45) is 3.83. The number of rotatable bonds is 2. The molecule has 1 fully saturated rings. The average Bonchev–Trinajstić information content (AvgIpc) is 3.18. The maximum atomic E-state index is 12.8. The Hall–Kier alpha value is -2.37. The molecule has 6 nitrogen and oxygen atoms in total. The summed E-state index contributed by atoms with van der Waals surface area (Å²) in [7, 11) is 1.33. The average molecular weight is 344 g/mol. The Labute approximate surface area is 147 Å².